The van der Waals surface area contributed by atoms with Crippen molar-refractivity contribution < 1.29 is 4.39 Å². The zero-order valence-corrected chi connectivity index (χ0v) is 13.9. The maximum Gasteiger partial charge on any atom is 0.163 e. The summed E-state index contributed by atoms with van der Waals surface area (Å²) in [6.07, 6.45) is 0. The Morgan fingerprint density at radius 1 is 1.38 bits per heavy atom. The number of benzene rings is 1. The fourth-order valence-corrected chi connectivity index (χ4v) is 3.04. The third-order valence-electron chi connectivity index (χ3n) is 3.35. The van der Waals surface area contributed by atoms with Gasteiger partial charge in [0.2, 0.25) is 0 Å². The van der Waals surface area contributed by atoms with Gasteiger partial charge in [-0.3, -0.25) is 4.57 Å². The molecule has 0 saturated carbocycles. The van der Waals surface area contributed by atoms with Crippen LogP contribution < -0.4 is 0 Å². The molecule has 0 unspecified atom stereocenters. The second-order valence-electron chi connectivity index (χ2n) is 4.67. The Kier molecular flexibility index (Phi) is 3.75. The summed E-state index contributed by atoms with van der Waals surface area (Å²) in [6, 6.07) is 4.54. The lowest BCUT2D eigenvalue weighted by molar-refractivity contribution is 0.624. The van der Waals surface area contributed by atoms with Gasteiger partial charge in [-0.25, -0.2) is 14.1 Å². The van der Waals surface area contributed by atoms with E-state index in [0.717, 1.165) is 21.3 Å². The van der Waals surface area contributed by atoms with E-state index in [4.69, 9.17) is 11.6 Å². The maximum atomic E-state index is 13.7. The molecule has 0 aliphatic heterocycles. The number of hydrogen-bond acceptors (Lipinski definition) is 2. The predicted molar refractivity (Wildman–Crippen MR) is 84.5 cm³/mol. The topological polar surface area (TPSA) is 35.6 Å². The SMILES string of the molecule is CCn1nc(C)c2nc(CCl)n(-c3cc(F)ccc3Br)c21. The van der Waals surface area contributed by atoms with Crippen molar-refractivity contribution in [3.05, 3.63) is 40.0 Å². The molecule has 4 nitrogen and oxygen atoms in total. The minimum absolute atomic E-state index is 0.237. The molecule has 2 heterocycles. The Bertz CT molecular complexity index is 824. The number of alkyl halides is 1. The van der Waals surface area contributed by atoms with Gasteiger partial charge in [-0.2, -0.15) is 5.10 Å². The molecule has 0 radical (unpaired) electrons. The van der Waals surface area contributed by atoms with Crippen LogP contribution >= 0.6 is 27.5 Å². The first-order valence-electron chi connectivity index (χ1n) is 6.53. The first-order valence-corrected chi connectivity index (χ1v) is 7.85. The van der Waals surface area contributed by atoms with Gasteiger partial charge in [0.1, 0.15) is 17.2 Å². The average Bonchev–Trinajstić information content (AvgIpc) is 2.99. The van der Waals surface area contributed by atoms with Gasteiger partial charge in [0.05, 0.1) is 17.3 Å². The zero-order valence-electron chi connectivity index (χ0n) is 11.6. The smallest absolute Gasteiger partial charge is 0.163 e. The van der Waals surface area contributed by atoms with Gasteiger partial charge in [0.15, 0.2) is 5.65 Å². The molecule has 0 aliphatic carbocycles. The minimum Gasteiger partial charge on any atom is -0.279 e. The molecule has 0 saturated heterocycles. The van der Waals surface area contributed by atoms with Gasteiger partial charge in [-0.05, 0) is 48.0 Å². The number of imidazole rings is 1. The molecule has 0 atom stereocenters. The standard InChI is InChI=1S/C14H13BrClFN4/c1-3-20-14-13(8(2)19-20)18-12(7-16)21(14)11-6-9(17)4-5-10(11)15/h4-6H,3,7H2,1-2H3. The van der Waals surface area contributed by atoms with Crippen LogP contribution in [0.15, 0.2) is 22.7 Å². The van der Waals surface area contributed by atoms with Crippen molar-refractivity contribution in [3.8, 4) is 5.69 Å². The molecule has 2 aromatic heterocycles. The highest BCUT2D eigenvalue weighted by molar-refractivity contribution is 9.10. The van der Waals surface area contributed by atoms with Crippen LogP contribution in [0.2, 0.25) is 0 Å². The van der Waals surface area contributed by atoms with Crippen molar-refractivity contribution in [2.45, 2.75) is 26.3 Å². The summed E-state index contributed by atoms with van der Waals surface area (Å²) >= 11 is 9.49. The van der Waals surface area contributed by atoms with E-state index >= 15 is 0 Å². The van der Waals surface area contributed by atoms with Crippen molar-refractivity contribution in [1.82, 2.24) is 19.3 Å². The van der Waals surface area contributed by atoms with Crippen LogP contribution in [0, 0.1) is 12.7 Å². The lowest BCUT2D eigenvalue weighted by atomic mass is 10.3. The average molecular weight is 372 g/mol. The second kappa shape index (κ2) is 5.42. The molecule has 21 heavy (non-hydrogen) atoms. The Morgan fingerprint density at radius 2 is 2.14 bits per heavy atom. The quantitative estimate of drug-likeness (QED) is 0.647. The van der Waals surface area contributed by atoms with Crippen LogP contribution in [-0.2, 0) is 12.4 Å². The second-order valence-corrected chi connectivity index (χ2v) is 5.79. The molecule has 7 heteroatoms. The van der Waals surface area contributed by atoms with Crippen LogP contribution in [-0.4, -0.2) is 19.3 Å². The summed E-state index contributed by atoms with van der Waals surface area (Å²) in [5.41, 5.74) is 3.13. The van der Waals surface area contributed by atoms with Crippen molar-refractivity contribution >= 4 is 38.7 Å². The molecule has 0 spiro atoms. The van der Waals surface area contributed by atoms with Gasteiger partial charge in [0.25, 0.3) is 0 Å². The van der Waals surface area contributed by atoms with Crippen molar-refractivity contribution in [3.63, 3.8) is 0 Å². The van der Waals surface area contributed by atoms with Crippen LogP contribution in [0.3, 0.4) is 0 Å². The maximum absolute atomic E-state index is 13.7. The van der Waals surface area contributed by atoms with Crippen LogP contribution in [0.1, 0.15) is 18.4 Å². The molecule has 3 aromatic rings. The van der Waals surface area contributed by atoms with Crippen molar-refractivity contribution in [2.75, 3.05) is 0 Å². The predicted octanol–water partition coefficient (Wildman–Crippen LogP) is 4.19. The Labute approximate surface area is 134 Å². The number of hydrogen-bond donors (Lipinski definition) is 0. The summed E-state index contributed by atoms with van der Waals surface area (Å²) < 4.78 is 18.1. The highest BCUT2D eigenvalue weighted by Crippen LogP contribution is 2.29. The van der Waals surface area contributed by atoms with E-state index in [2.05, 4.69) is 26.0 Å². The Hall–Kier alpha value is -1.40. The summed E-state index contributed by atoms with van der Waals surface area (Å²) in [7, 11) is 0. The van der Waals surface area contributed by atoms with Gasteiger partial charge in [-0.15, -0.1) is 11.6 Å². The van der Waals surface area contributed by atoms with Gasteiger partial charge >= 0.3 is 0 Å². The van der Waals surface area contributed by atoms with Gasteiger partial charge in [-0.1, -0.05) is 0 Å². The van der Waals surface area contributed by atoms with Crippen LogP contribution in [0.25, 0.3) is 16.9 Å². The van der Waals surface area contributed by atoms with E-state index in [1.807, 2.05) is 23.1 Å². The van der Waals surface area contributed by atoms with Gasteiger partial charge < -0.3 is 0 Å². The first kappa shape index (κ1) is 14.5. The zero-order chi connectivity index (χ0) is 15.1. The van der Waals surface area contributed by atoms with E-state index in [-0.39, 0.29) is 11.7 Å². The monoisotopic (exact) mass is 370 g/mol. The molecule has 0 aliphatic rings. The number of fused-ring (bicyclic) bond motifs is 1. The molecule has 3 rings (SSSR count). The Morgan fingerprint density at radius 3 is 2.81 bits per heavy atom. The third kappa shape index (κ3) is 2.26. The summed E-state index contributed by atoms with van der Waals surface area (Å²) in [6.45, 7) is 4.61. The number of halogens is 3. The summed E-state index contributed by atoms with van der Waals surface area (Å²) in [4.78, 5) is 4.55. The largest absolute Gasteiger partial charge is 0.279 e. The van der Waals surface area contributed by atoms with Crippen LogP contribution in [0.5, 0.6) is 0 Å². The summed E-state index contributed by atoms with van der Waals surface area (Å²) in [5.74, 6) is 0.594. The lowest BCUT2D eigenvalue weighted by Crippen LogP contribution is -2.07. The normalized spacial score (nSPS) is 11.5. The van der Waals surface area contributed by atoms with E-state index < -0.39 is 0 Å². The molecule has 1 aromatic carbocycles. The fraction of sp³-hybridized carbons (Fsp3) is 0.286. The van der Waals surface area contributed by atoms with E-state index in [1.54, 1.807) is 6.07 Å². The summed E-state index contributed by atoms with van der Waals surface area (Å²) in [5, 5.41) is 4.46. The minimum atomic E-state index is -0.310. The van der Waals surface area contributed by atoms with E-state index in [9.17, 15) is 4.39 Å². The number of aromatic nitrogens is 4. The molecular weight excluding hydrogens is 359 g/mol. The first-order chi connectivity index (χ1) is 10.1. The Balaban J connectivity index is 2.42. The highest BCUT2D eigenvalue weighted by atomic mass is 79.9. The highest BCUT2D eigenvalue weighted by Gasteiger charge is 2.20. The van der Waals surface area contributed by atoms with E-state index in [0.29, 0.717) is 18.1 Å². The number of nitrogens with zero attached hydrogens (tertiary/aromatic N) is 4. The molecule has 0 bridgehead atoms. The number of rotatable bonds is 3. The molecule has 110 valence electrons. The third-order valence-corrected chi connectivity index (χ3v) is 4.26. The van der Waals surface area contributed by atoms with E-state index in [1.165, 1.54) is 12.1 Å². The molecular formula is C14H13BrClFN4. The molecule has 0 amide bonds. The van der Waals surface area contributed by atoms with Crippen molar-refractivity contribution in [1.29, 1.82) is 0 Å². The van der Waals surface area contributed by atoms with Gasteiger partial charge in [0, 0.05) is 11.0 Å². The molecule has 0 N–H and O–H groups in total. The van der Waals surface area contributed by atoms with Crippen molar-refractivity contribution in [2.24, 2.45) is 0 Å². The fourth-order valence-electron chi connectivity index (χ4n) is 2.43. The molecule has 0 fully saturated rings. The number of aryl methyl sites for hydroxylation is 2. The van der Waals surface area contributed by atoms with Crippen LogP contribution in [0.4, 0.5) is 4.39 Å². The lowest BCUT2D eigenvalue weighted by Gasteiger charge is -2.11.